The lowest BCUT2D eigenvalue weighted by Gasteiger charge is -2.33. The van der Waals surface area contributed by atoms with E-state index in [0.29, 0.717) is 6.04 Å². The van der Waals surface area contributed by atoms with E-state index >= 15 is 0 Å². The van der Waals surface area contributed by atoms with Crippen molar-refractivity contribution in [1.82, 2.24) is 4.98 Å². The van der Waals surface area contributed by atoms with Crippen molar-refractivity contribution < 1.29 is 4.74 Å². The Morgan fingerprint density at radius 2 is 1.79 bits per heavy atom. The minimum Gasteiger partial charge on any atom is -0.381 e. The van der Waals surface area contributed by atoms with Crippen molar-refractivity contribution in [3.63, 3.8) is 0 Å². The summed E-state index contributed by atoms with van der Waals surface area (Å²) in [6, 6.07) is 17.9. The molecule has 0 spiro atoms. The molecule has 2 heterocycles. The predicted octanol–water partition coefficient (Wildman–Crippen LogP) is 4.76. The quantitative estimate of drug-likeness (QED) is 0.753. The van der Waals surface area contributed by atoms with Gasteiger partial charge in [-0.2, -0.15) is 0 Å². The van der Waals surface area contributed by atoms with Crippen LogP contribution in [0, 0.1) is 6.92 Å². The van der Waals surface area contributed by atoms with Gasteiger partial charge in [0.1, 0.15) is 0 Å². The second-order valence-corrected chi connectivity index (χ2v) is 6.75. The zero-order chi connectivity index (χ0) is 16.5. The molecule has 124 valence electrons. The molecule has 3 nitrogen and oxygen atoms in total. The predicted molar refractivity (Wildman–Crippen MR) is 101 cm³/mol. The molecule has 0 bridgehead atoms. The van der Waals surface area contributed by atoms with Crippen LogP contribution in [0.3, 0.4) is 0 Å². The summed E-state index contributed by atoms with van der Waals surface area (Å²) >= 11 is 0. The van der Waals surface area contributed by atoms with Crippen LogP contribution in [0.15, 0.2) is 48.5 Å². The molecule has 2 aromatic carbocycles. The zero-order valence-electron chi connectivity index (χ0n) is 14.4. The first kappa shape index (κ1) is 15.3. The highest BCUT2D eigenvalue weighted by molar-refractivity contribution is 5.96. The van der Waals surface area contributed by atoms with E-state index in [4.69, 9.17) is 4.74 Å². The van der Waals surface area contributed by atoms with Crippen LogP contribution in [0.1, 0.15) is 18.4 Å². The largest absolute Gasteiger partial charge is 0.381 e. The number of ether oxygens (including phenoxy) is 1. The van der Waals surface area contributed by atoms with E-state index < -0.39 is 0 Å². The molecule has 1 aromatic heterocycles. The number of rotatable bonds is 3. The highest BCUT2D eigenvalue weighted by Crippen LogP contribution is 2.33. The normalized spacial score (nSPS) is 15.8. The van der Waals surface area contributed by atoms with Gasteiger partial charge in [0.05, 0.1) is 11.2 Å². The molecule has 0 unspecified atom stereocenters. The first-order valence-electron chi connectivity index (χ1n) is 8.72. The van der Waals surface area contributed by atoms with Crippen molar-refractivity contribution >= 4 is 16.6 Å². The van der Waals surface area contributed by atoms with E-state index in [1.54, 1.807) is 0 Å². The average Bonchev–Trinajstić information content (AvgIpc) is 3.06. The molecule has 0 aliphatic carbocycles. The average molecular weight is 320 g/mol. The van der Waals surface area contributed by atoms with Gasteiger partial charge in [-0.3, -0.25) is 0 Å². The highest BCUT2D eigenvalue weighted by atomic mass is 16.5. The number of H-pyrrole nitrogens is 1. The zero-order valence-corrected chi connectivity index (χ0v) is 14.4. The SMILES string of the molecule is Cc1cc(N(C)C2CCOCC2)c2[nH]c(-c3ccccc3)cc2c1. The Kier molecular flexibility index (Phi) is 4.03. The lowest BCUT2D eigenvalue weighted by atomic mass is 10.0. The fourth-order valence-electron chi connectivity index (χ4n) is 3.69. The fourth-order valence-corrected chi connectivity index (χ4v) is 3.69. The Hall–Kier alpha value is -2.26. The minimum absolute atomic E-state index is 0.548. The Bertz CT molecular complexity index is 832. The van der Waals surface area contributed by atoms with Gasteiger partial charge in [-0.05, 0) is 49.1 Å². The molecule has 0 atom stereocenters. The molecular formula is C21H24N2O. The van der Waals surface area contributed by atoms with Crippen molar-refractivity contribution in [2.24, 2.45) is 0 Å². The molecular weight excluding hydrogens is 296 g/mol. The lowest BCUT2D eigenvalue weighted by Crippen LogP contribution is -2.36. The van der Waals surface area contributed by atoms with Crippen LogP contribution in [0.2, 0.25) is 0 Å². The number of benzene rings is 2. The van der Waals surface area contributed by atoms with Crippen LogP contribution < -0.4 is 4.90 Å². The molecule has 1 aliphatic rings. The molecule has 1 fully saturated rings. The topological polar surface area (TPSA) is 28.3 Å². The minimum atomic E-state index is 0.548. The van der Waals surface area contributed by atoms with E-state index in [1.807, 2.05) is 0 Å². The number of nitrogens with one attached hydrogen (secondary N) is 1. The number of hydrogen-bond donors (Lipinski definition) is 1. The van der Waals surface area contributed by atoms with E-state index in [-0.39, 0.29) is 0 Å². The molecule has 1 saturated heterocycles. The number of anilines is 1. The molecule has 0 radical (unpaired) electrons. The monoisotopic (exact) mass is 320 g/mol. The molecule has 0 amide bonds. The Morgan fingerprint density at radius 1 is 1.04 bits per heavy atom. The standard InChI is InChI=1S/C21H24N2O/c1-15-12-17-14-19(16-6-4-3-5-7-16)22-21(17)20(13-15)23(2)18-8-10-24-11-9-18/h3-7,12-14,18,22H,8-11H2,1-2H3. The van der Waals surface area contributed by atoms with Gasteiger partial charge in [-0.15, -0.1) is 0 Å². The van der Waals surface area contributed by atoms with Crippen molar-refractivity contribution in [2.75, 3.05) is 25.2 Å². The smallest absolute Gasteiger partial charge is 0.0696 e. The van der Waals surface area contributed by atoms with Gasteiger partial charge in [-0.25, -0.2) is 0 Å². The maximum Gasteiger partial charge on any atom is 0.0696 e. The molecule has 24 heavy (non-hydrogen) atoms. The molecule has 1 N–H and O–H groups in total. The van der Waals surface area contributed by atoms with Gasteiger partial charge in [-0.1, -0.05) is 30.3 Å². The van der Waals surface area contributed by atoms with Gasteiger partial charge in [0, 0.05) is 37.4 Å². The third-order valence-electron chi connectivity index (χ3n) is 5.06. The van der Waals surface area contributed by atoms with Crippen molar-refractivity contribution in [1.29, 1.82) is 0 Å². The van der Waals surface area contributed by atoms with Crippen molar-refractivity contribution in [2.45, 2.75) is 25.8 Å². The Morgan fingerprint density at radius 3 is 2.54 bits per heavy atom. The second kappa shape index (κ2) is 6.33. The number of aromatic amines is 1. The number of aromatic nitrogens is 1. The molecule has 3 heteroatoms. The summed E-state index contributed by atoms with van der Waals surface area (Å²) < 4.78 is 5.52. The van der Waals surface area contributed by atoms with Gasteiger partial charge in [0.2, 0.25) is 0 Å². The number of aryl methyl sites for hydroxylation is 1. The van der Waals surface area contributed by atoms with Crippen LogP contribution in [0.4, 0.5) is 5.69 Å². The highest BCUT2D eigenvalue weighted by Gasteiger charge is 2.21. The third kappa shape index (κ3) is 2.80. The maximum absolute atomic E-state index is 5.52. The van der Waals surface area contributed by atoms with E-state index in [2.05, 4.69) is 72.4 Å². The van der Waals surface area contributed by atoms with Gasteiger partial charge in [0.25, 0.3) is 0 Å². The third-order valence-corrected chi connectivity index (χ3v) is 5.06. The Labute approximate surface area is 143 Å². The first-order chi connectivity index (χ1) is 11.7. The molecule has 4 rings (SSSR count). The van der Waals surface area contributed by atoms with Gasteiger partial charge in [0.15, 0.2) is 0 Å². The maximum atomic E-state index is 5.52. The van der Waals surface area contributed by atoms with Crippen molar-refractivity contribution in [3.05, 3.63) is 54.1 Å². The first-order valence-corrected chi connectivity index (χ1v) is 8.72. The van der Waals surface area contributed by atoms with E-state index in [9.17, 15) is 0 Å². The fraction of sp³-hybridized carbons (Fsp3) is 0.333. The Balaban J connectivity index is 1.78. The van der Waals surface area contributed by atoms with Crippen LogP contribution in [0.5, 0.6) is 0 Å². The van der Waals surface area contributed by atoms with Crippen LogP contribution in [-0.2, 0) is 4.74 Å². The number of hydrogen-bond acceptors (Lipinski definition) is 2. The summed E-state index contributed by atoms with van der Waals surface area (Å²) in [6.07, 6.45) is 2.19. The summed E-state index contributed by atoms with van der Waals surface area (Å²) in [4.78, 5) is 6.09. The van der Waals surface area contributed by atoms with Crippen LogP contribution in [0.25, 0.3) is 22.2 Å². The number of nitrogens with zero attached hydrogens (tertiary/aromatic N) is 1. The molecule has 0 saturated carbocycles. The summed E-state index contributed by atoms with van der Waals surface area (Å²) in [6.45, 7) is 3.91. The lowest BCUT2D eigenvalue weighted by molar-refractivity contribution is 0.0855. The van der Waals surface area contributed by atoms with Crippen LogP contribution in [-0.4, -0.2) is 31.3 Å². The second-order valence-electron chi connectivity index (χ2n) is 6.75. The summed E-state index contributed by atoms with van der Waals surface area (Å²) in [5.74, 6) is 0. The number of fused-ring (bicyclic) bond motifs is 1. The molecule has 1 aliphatic heterocycles. The van der Waals surface area contributed by atoms with E-state index in [0.717, 1.165) is 26.1 Å². The molecule has 3 aromatic rings. The summed E-state index contributed by atoms with van der Waals surface area (Å²) in [7, 11) is 2.22. The van der Waals surface area contributed by atoms with Gasteiger partial charge < -0.3 is 14.6 Å². The van der Waals surface area contributed by atoms with Crippen molar-refractivity contribution in [3.8, 4) is 11.3 Å². The van der Waals surface area contributed by atoms with E-state index in [1.165, 1.54) is 33.4 Å². The summed E-state index contributed by atoms with van der Waals surface area (Å²) in [5.41, 5.74) is 6.23. The van der Waals surface area contributed by atoms with Crippen LogP contribution >= 0.6 is 0 Å². The van der Waals surface area contributed by atoms with Gasteiger partial charge >= 0.3 is 0 Å². The summed E-state index contributed by atoms with van der Waals surface area (Å²) in [5, 5.41) is 1.28.